The molecule has 5 heteroatoms. The van der Waals surface area contributed by atoms with E-state index in [0.29, 0.717) is 5.75 Å². The van der Waals surface area contributed by atoms with Gasteiger partial charge in [0.05, 0.1) is 5.92 Å². The Bertz CT molecular complexity index is 476. The molecule has 4 nitrogen and oxygen atoms in total. The molecule has 0 saturated carbocycles. The lowest BCUT2D eigenvalue weighted by Crippen LogP contribution is -2.47. The van der Waals surface area contributed by atoms with Crippen molar-refractivity contribution >= 4 is 24.5 Å². The molecule has 2 N–H and O–H groups in total. The largest absolute Gasteiger partial charge is 0.480 e. The van der Waals surface area contributed by atoms with Gasteiger partial charge in [0, 0.05) is 5.75 Å². The summed E-state index contributed by atoms with van der Waals surface area (Å²) in [5, 5.41) is 11.8. The fraction of sp³-hybridized carbons (Fsp3) is 0.500. The van der Waals surface area contributed by atoms with Crippen molar-refractivity contribution in [2.24, 2.45) is 11.8 Å². The predicted molar refractivity (Wildman–Crippen MR) is 86.6 cm³/mol. The van der Waals surface area contributed by atoms with Crippen molar-refractivity contribution in [1.82, 2.24) is 5.32 Å². The number of amides is 1. The van der Waals surface area contributed by atoms with Crippen molar-refractivity contribution in [3.05, 3.63) is 35.9 Å². The van der Waals surface area contributed by atoms with Crippen molar-refractivity contribution < 1.29 is 14.7 Å². The molecule has 0 heterocycles. The number of nitrogens with one attached hydrogen (secondary N) is 1. The van der Waals surface area contributed by atoms with Gasteiger partial charge in [-0.15, -0.1) is 0 Å². The number of carboxylic acid groups (broad SMARTS) is 1. The number of carboxylic acids is 1. The van der Waals surface area contributed by atoms with Gasteiger partial charge < -0.3 is 10.4 Å². The van der Waals surface area contributed by atoms with Crippen molar-refractivity contribution in [3.63, 3.8) is 0 Å². The number of hydrogen-bond donors (Lipinski definition) is 3. The molecule has 116 valence electrons. The Balaban J connectivity index is 2.84. The Morgan fingerprint density at radius 3 is 2.19 bits per heavy atom. The summed E-state index contributed by atoms with van der Waals surface area (Å²) in [6, 6.07) is 8.83. The molecule has 0 aliphatic heterocycles. The van der Waals surface area contributed by atoms with Gasteiger partial charge in [-0.2, -0.15) is 12.6 Å². The average molecular weight is 309 g/mol. The van der Waals surface area contributed by atoms with Crippen LogP contribution in [0.5, 0.6) is 0 Å². The smallest absolute Gasteiger partial charge is 0.326 e. The molecular formula is C16H23NO3S. The zero-order chi connectivity index (χ0) is 16.0. The first-order chi connectivity index (χ1) is 9.88. The van der Waals surface area contributed by atoms with E-state index in [1.807, 2.05) is 37.3 Å². The third-order valence-corrected chi connectivity index (χ3v) is 4.09. The van der Waals surface area contributed by atoms with Gasteiger partial charge in [0.25, 0.3) is 0 Å². The number of rotatable bonds is 7. The molecule has 0 spiro atoms. The summed E-state index contributed by atoms with van der Waals surface area (Å²) in [6.45, 7) is 5.51. The van der Waals surface area contributed by atoms with E-state index in [0.717, 1.165) is 5.56 Å². The SMILES string of the molecule is CC(C)[C@H](NC(=O)[C@H](CS)[C@@H](C)c1ccccc1)C(=O)O. The van der Waals surface area contributed by atoms with Crippen molar-refractivity contribution in [3.8, 4) is 0 Å². The highest BCUT2D eigenvalue weighted by Gasteiger charge is 2.30. The Morgan fingerprint density at radius 2 is 1.76 bits per heavy atom. The van der Waals surface area contributed by atoms with Gasteiger partial charge in [0.2, 0.25) is 5.91 Å². The molecule has 0 unspecified atom stereocenters. The topological polar surface area (TPSA) is 66.4 Å². The highest BCUT2D eigenvalue weighted by molar-refractivity contribution is 7.80. The van der Waals surface area contributed by atoms with Crippen LogP contribution in [0, 0.1) is 11.8 Å². The molecule has 21 heavy (non-hydrogen) atoms. The van der Waals surface area contributed by atoms with E-state index in [1.54, 1.807) is 13.8 Å². The lowest BCUT2D eigenvalue weighted by Gasteiger charge is -2.25. The van der Waals surface area contributed by atoms with Crippen molar-refractivity contribution in [2.45, 2.75) is 32.7 Å². The minimum Gasteiger partial charge on any atom is -0.480 e. The standard InChI is InChI=1S/C16H23NO3S/c1-10(2)14(16(19)20)17-15(18)13(9-21)11(3)12-7-5-4-6-8-12/h4-8,10-11,13-14,21H,9H2,1-3H3,(H,17,18)(H,19,20)/t11-,13+,14-/m0/s1. The van der Waals surface area contributed by atoms with E-state index in [2.05, 4.69) is 17.9 Å². The minimum atomic E-state index is -1.01. The van der Waals surface area contributed by atoms with E-state index in [1.165, 1.54) is 0 Å². The first-order valence-electron chi connectivity index (χ1n) is 7.07. The summed E-state index contributed by atoms with van der Waals surface area (Å²) in [5.41, 5.74) is 1.04. The van der Waals surface area contributed by atoms with Crippen LogP contribution in [0.4, 0.5) is 0 Å². The second kappa shape index (κ2) is 8.08. The van der Waals surface area contributed by atoms with E-state index in [4.69, 9.17) is 5.11 Å². The van der Waals surface area contributed by atoms with Gasteiger partial charge in [-0.3, -0.25) is 4.79 Å². The Labute approximate surface area is 131 Å². The maximum Gasteiger partial charge on any atom is 0.326 e. The van der Waals surface area contributed by atoms with Crippen LogP contribution >= 0.6 is 12.6 Å². The minimum absolute atomic E-state index is 0.0229. The number of benzene rings is 1. The van der Waals surface area contributed by atoms with Crippen LogP contribution < -0.4 is 5.32 Å². The van der Waals surface area contributed by atoms with Crippen molar-refractivity contribution in [1.29, 1.82) is 0 Å². The Hall–Kier alpha value is -1.49. The van der Waals surface area contributed by atoms with Gasteiger partial charge in [-0.05, 0) is 17.4 Å². The fourth-order valence-corrected chi connectivity index (χ4v) is 2.71. The summed E-state index contributed by atoms with van der Waals surface area (Å²) in [7, 11) is 0. The lowest BCUT2D eigenvalue weighted by atomic mass is 9.87. The predicted octanol–water partition coefficient (Wildman–Crippen LogP) is 2.56. The molecule has 0 bridgehead atoms. The van der Waals surface area contributed by atoms with Crippen LogP contribution in [0.15, 0.2) is 30.3 Å². The maximum atomic E-state index is 12.4. The molecule has 3 atom stereocenters. The molecule has 0 fully saturated rings. The molecule has 1 amide bonds. The van der Waals surface area contributed by atoms with Crippen LogP contribution in [0.25, 0.3) is 0 Å². The summed E-state index contributed by atoms with van der Waals surface area (Å²) in [4.78, 5) is 23.6. The van der Waals surface area contributed by atoms with E-state index in [-0.39, 0.29) is 23.7 Å². The van der Waals surface area contributed by atoms with Crippen LogP contribution in [0.1, 0.15) is 32.3 Å². The normalized spacial score (nSPS) is 15.3. The van der Waals surface area contributed by atoms with Gasteiger partial charge in [0.15, 0.2) is 0 Å². The molecule has 0 aromatic heterocycles. The number of carbonyl (C=O) groups excluding carboxylic acids is 1. The number of thiol groups is 1. The number of hydrogen-bond acceptors (Lipinski definition) is 3. The molecular weight excluding hydrogens is 286 g/mol. The first-order valence-corrected chi connectivity index (χ1v) is 7.70. The quantitative estimate of drug-likeness (QED) is 0.678. The van der Waals surface area contributed by atoms with Gasteiger partial charge >= 0.3 is 5.97 Å². The second-order valence-electron chi connectivity index (χ2n) is 5.56. The third-order valence-electron chi connectivity index (χ3n) is 3.69. The zero-order valence-corrected chi connectivity index (χ0v) is 13.5. The summed E-state index contributed by atoms with van der Waals surface area (Å²) >= 11 is 4.26. The summed E-state index contributed by atoms with van der Waals surface area (Å²) < 4.78 is 0. The Morgan fingerprint density at radius 1 is 1.19 bits per heavy atom. The number of carbonyl (C=O) groups is 2. The Kier molecular flexibility index (Phi) is 6.75. The molecule has 1 rings (SSSR count). The third kappa shape index (κ3) is 4.77. The van der Waals surface area contributed by atoms with Gasteiger partial charge in [0.1, 0.15) is 6.04 Å². The average Bonchev–Trinajstić information content (AvgIpc) is 2.45. The van der Waals surface area contributed by atoms with Crippen LogP contribution in [-0.2, 0) is 9.59 Å². The summed E-state index contributed by atoms with van der Waals surface area (Å²) in [5.74, 6) is -1.46. The number of aliphatic carboxylic acids is 1. The summed E-state index contributed by atoms with van der Waals surface area (Å²) in [6.07, 6.45) is 0. The highest BCUT2D eigenvalue weighted by atomic mass is 32.1. The highest BCUT2D eigenvalue weighted by Crippen LogP contribution is 2.25. The van der Waals surface area contributed by atoms with Crippen molar-refractivity contribution in [2.75, 3.05) is 5.75 Å². The monoisotopic (exact) mass is 309 g/mol. The molecule has 0 aliphatic rings. The van der Waals surface area contributed by atoms with E-state index < -0.39 is 12.0 Å². The first kappa shape index (κ1) is 17.6. The van der Waals surface area contributed by atoms with Gasteiger partial charge in [-0.1, -0.05) is 51.1 Å². The molecule has 0 saturated heterocycles. The van der Waals surface area contributed by atoms with E-state index in [9.17, 15) is 9.59 Å². The zero-order valence-electron chi connectivity index (χ0n) is 12.6. The van der Waals surface area contributed by atoms with Crippen LogP contribution in [0.2, 0.25) is 0 Å². The van der Waals surface area contributed by atoms with Crippen LogP contribution in [0.3, 0.4) is 0 Å². The maximum absolute atomic E-state index is 12.4. The van der Waals surface area contributed by atoms with Crippen LogP contribution in [-0.4, -0.2) is 28.8 Å². The second-order valence-corrected chi connectivity index (χ2v) is 5.92. The lowest BCUT2D eigenvalue weighted by molar-refractivity contribution is -0.143. The fourth-order valence-electron chi connectivity index (χ4n) is 2.23. The van der Waals surface area contributed by atoms with Gasteiger partial charge in [-0.25, -0.2) is 4.79 Å². The molecule has 1 aromatic rings. The molecule has 1 aromatic carbocycles. The molecule has 0 aliphatic carbocycles. The van der Waals surface area contributed by atoms with E-state index >= 15 is 0 Å². The molecule has 0 radical (unpaired) electrons.